The number of allylic oxidation sites excluding steroid dienone is 1. The summed E-state index contributed by atoms with van der Waals surface area (Å²) in [7, 11) is 0. The minimum absolute atomic E-state index is 0.497. The molecule has 59 heavy (non-hydrogen) atoms. The molecule has 4 heteroatoms. The highest BCUT2D eigenvalue weighted by Crippen LogP contribution is 2.40. The van der Waals surface area contributed by atoms with Crippen LogP contribution in [0, 0.1) is 5.92 Å². The largest absolute Gasteiger partial charge is 0.313 e. The number of hydrogen-bond acceptors (Lipinski definition) is 1. The van der Waals surface area contributed by atoms with Crippen LogP contribution in [-0.4, -0.2) is 13.7 Å². The predicted molar refractivity (Wildman–Crippen MR) is 249 cm³/mol. The molecule has 12 rings (SSSR count). The first-order valence-corrected chi connectivity index (χ1v) is 20.6. The lowest BCUT2D eigenvalue weighted by Crippen LogP contribution is -2.11. The molecular formula is C55H40N4. The lowest BCUT2D eigenvalue weighted by molar-refractivity contribution is 0.690. The van der Waals surface area contributed by atoms with Crippen LogP contribution in [0.25, 0.3) is 77.7 Å². The van der Waals surface area contributed by atoms with E-state index in [9.17, 15) is 0 Å². The van der Waals surface area contributed by atoms with Crippen LogP contribution in [0.4, 0.5) is 17.1 Å². The zero-order valence-electron chi connectivity index (χ0n) is 32.7. The van der Waals surface area contributed by atoms with E-state index >= 15 is 0 Å². The van der Waals surface area contributed by atoms with Gasteiger partial charge in [-0.2, -0.15) is 0 Å². The fourth-order valence-electron chi connectivity index (χ4n) is 9.73. The Morgan fingerprint density at radius 1 is 0.373 bits per heavy atom. The Morgan fingerprint density at radius 3 is 1.08 bits per heavy atom. The van der Waals surface area contributed by atoms with Crippen molar-refractivity contribution < 1.29 is 0 Å². The molecule has 8 aromatic carbocycles. The first-order chi connectivity index (χ1) is 29.2. The number of fused-ring (bicyclic) bond motifs is 9. The molecule has 0 bridgehead atoms. The summed E-state index contributed by atoms with van der Waals surface area (Å²) in [6.07, 6.45) is 5.69. The second-order valence-corrected chi connectivity index (χ2v) is 15.9. The number of benzene rings is 8. The third-order valence-corrected chi connectivity index (χ3v) is 12.4. The van der Waals surface area contributed by atoms with Crippen LogP contribution in [0.3, 0.4) is 0 Å². The third-order valence-electron chi connectivity index (χ3n) is 12.4. The van der Waals surface area contributed by atoms with E-state index in [4.69, 9.17) is 0 Å². The van der Waals surface area contributed by atoms with Crippen LogP contribution in [-0.2, 0) is 6.42 Å². The van der Waals surface area contributed by atoms with E-state index in [1.54, 1.807) is 0 Å². The van der Waals surface area contributed by atoms with Crippen molar-refractivity contribution in [2.24, 2.45) is 5.92 Å². The predicted octanol–water partition coefficient (Wildman–Crippen LogP) is 14.5. The molecule has 0 N–H and O–H groups in total. The molecule has 0 saturated carbocycles. The summed E-state index contributed by atoms with van der Waals surface area (Å²) in [6.45, 7) is 2.31. The molecule has 11 aromatic rings. The van der Waals surface area contributed by atoms with Crippen LogP contribution < -0.4 is 4.90 Å². The Bertz CT molecular complexity index is 3150. The topological polar surface area (TPSA) is 18.0 Å². The van der Waals surface area contributed by atoms with E-state index in [0.717, 1.165) is 34.9 Å². The average Bonchev–Trinajstić information content (AvgIpc) is 3.93. The summed E-state index contributed by atoms with van der Waals surface area (Å²) in [6, 6.07) is 70.8. The highest BCUT2D eigenvalue weighted by Gasteiger charge is 2.22. The molecule has 4 nitrogen and oxygen atoms in total. The summed E-state index contributed by atoms with van der Waals surface area (Å²) >= 11 is 0. The molecule has 0 radical (unpaired) electrons. The van der Waals surface area contributed by atoms with Gasteiger partial charge in [-0.05, 0) is 115 Å². The van der Waals surface area contributed by atoms with E-state index in [-0.39, 0.29) is 0 Å². The molecule has 3 heterocycles. The van der Waals surface area contributed by atoms with Crippen LogP contribution in [0.15, 0.2) is 200 Å². The molecule has 0 aliphatic heterocycles. The quantitative estimate of drug-likeness (QED) is 0.165. The Hall–Kier alpha value is -7.56. The maximum atomic E-state index is 2.47. The van der Waals surface area contributed by atoms with Gasteiger partial charge < -0.3 is 18.6 Å². The van der Waals surface area contributed by atoms with Crippen LogP contribution in [0.1, 0.15) is 18.2 Å². The van der Waals surface area contributed by atoms with Crippen molar-refractivity contribution >= 4 is 77.7 Å². The van der Waals surface area contributed by atoms with Crippen LogP contribution >= 0.6 is 0 Å². The van der Waals surface area contributed by atoms with Gasteiger partial charge in [-0.15, -0.1) is 0 Å². The lowest BCUT2D eigenvalue weighted by Gasteiger charge is -2.26. The van der Waals surface area contributed by atoms with Crippen molar-refractivity contribution in [3.63, 3.8) is 0 Å². The first-order valence-electron chi connectivity index (χ1n) is 20.6. The van der Waals surface area contributed by atoms with E-state index in [1.807, 2.05) is 0 Å². The zero-order valence-corrected chi connectivity index (χ0v) is 32.7. The molecule has 0 amide bonds. The van der Waals surface area contributed by atoms with Gasteiger partial charge in [0.1, 0.15) is 0 Å². The minimum atomic E-state index is 0.497. The summed E-state index contributed by atoms with van der Waals surface area (Å²) in [4.78, 5) is 2.38. The second kappa shape index (κ2) is 13.3. The Morgan fingerprint density at radius 2 is 0.695 bits per heavy atom. The number of anilines is 3. The Balaban J connectivity index is 0.990. The van der Waals surface area contributed by atoms with Gasteiger partial charge in [-0.25, -0.2) is 0 Å². The van der Waals surface area contributed by atoms with Crippen molar-refractivity contribution in [2.45, 2.75) is 13.3 Å². The number of para-hydroxylation sites is 5. The first kappa shape index (κ1) is 33.6. The van der Waals surface area contributed by atoms with Gasteiger partial charge in [0.05, 0.1) is 27.6 Å². The highest BCUT2D eigenvalue weighted by atomic mass is 15.1. The average molecular weight is 757 g/mol. The van der Waals surface area contributed by atoms with Gasteiger partial charge in [0.25, 0.3) is 0 Å². The standard InChI is InChI=1S/C55H40N4/c1-37-22-35-49-48-16-6-11-21-54(48)59(55(49)36-37)43-33-27-40(28-34-43)56(38-23-29-41(30-24-38)57-50-17-7-2-12-44(50)45-13-3-8-18-51(45)57)39-25-31-42(32-26-39)58-52-19-9-4-14-46(52)47-15-5-10-20-53(47)58/h2-35,37H,36H2,1H3. The van der Waals surface area contributed by atoms with Crippen molar-refractivity contribution in [2.75, 3.05) is 4.90 Å². The number of nitrogens with zero attached hydrogens (tertiary/aromatic N) is 4. The summed E-state index contributed by atoms with van der Waals surface area (Å²) < 4.78 is 7.23. The van der Waals surface area contributed by atoms with Crippen molar-refractivity contribution in [1.82, 2.24) is 13.7 Å². The second-order valence-electron chi connectivity index (χ2n) is 15.9. The Kier molecular flexibility index (Phi) is 7.54. The fraction of sp³-hybridized carbons (Fsp3) is 0.0545. The fourth-order valence-corrected chi connectivity index (χ4v) is 9.73. The van der Waals surface area contributed by atoms with Crippen molar-refractivity contribution in [3.05, 3.63) is 211 Å². The summed E-state index contributed by atoms with van der Waals surface area (Å²) in [5, 5.41) is 6.36. The van der Waals surface area contributed by atoms with Gasteiger partial charge in [0.15, 0.2) is 0 Å². The molecule has 1 unspecified atom stereocenters. The molecule has 1 aliphatic rings. The number of hydrogen-bond donors (Lipinski definition) is 0. The van der Waals surface area contributed by atoms with E-state index in [1.165, 1.54) is 71.5 Å². The molecule has 0 spiro atoms. The molecule has 1 aliphatic carbocycles. The smallest absolute Gasteiger partial charge is 0.0541 e. The SMILES string of the molecule is CC1C=Cc2c(n(-c3ccc(N(c4ccc(-n5c6ccccc6c6ccccc65)cc4)c4ccc(-n5c6ccccc6c6ccccc65)cc4)cc3)c3ccccc23)C1. The van der Waals surface area contributed by atoms with Gasteiger partial charge in [-0.3, -0.25) is 0 Å². The molecule has 0 saturated heterocycles. The molecule has 280 valence electrons. The summed E-state index contributed by atoms with van der Waals surface area (Å²) in [5.74, 6) is 0.497. The maximum Gasteiger partial charge on any atom is 0.0541 e. The van der Waals surface area contributed by atoms with Gasteiger partial charge in [0, 0.05) is 72.3 Å². The lowest BCUT2D eigenvalue weighted by atomic mass is 9.95. The van der Waals surface area contributed by atoms with Crippen molar-refractivity contribution in [3.8, 4) is 17.1 Å². The maximum absolute atomic E-state index is 2.47. The van der Waals surface area contributed by atoms with Gasteiger partial charge >= 0.3 is 0 Å². The van der Waals surface area contributed by atoms with E-state index in [2.05, 4.69) is 232 Å². The van der Waals surface area contributed by atoms with Gasteiger partial charge in [-0.1, -0.05) is 110 Å². The molecular weight excluding hydrogens is 717 g/mol. The molecule has 1 atom stereocenters. The monoisotopic (exact) mass is 756 g/mol. The van der Waals surface area contributed by atoms with Crippen LogP contribution in [0.5, 0.6) is 0 Å². The molecule has 0 fully saturated rings. The highest BCUT2D eigenvalue weighted by molar-refractivity contribution is 6.10. The molecule has 3 aromatic heterocycles. The third kappa shape index (κ3) is 5.23. The van der Waals surface area contributed by atoms with E-state index in [0.29, 0.717) is 5.92 Å². The van der Waals surface area contributed by atoms with Crippen molar-refractivity contribution in [1.29, 1.82) is 0 Å². The number of aromatic nitrogens is 3. The summed E-state index contributed by atoms with van der Waals surface area (Å²) in [5.41, 5.74) is 15.5. The number of rotatable bonds is 6. The van der Waals surface area contributed by atoms with E-state index < -0.39 is 0 Å². The normalized spacial score (nSPS) is 13.9. The van der Waals surface area contributed by atoms with Gasteiger partial charge in [0.2, 0.25) is 0 Å². The van der Waals surface area contributed by atoms with Crippen LogP contribution in [0.2, 0.25) is 0 Å². The zero-order chi connectivity index (χ0) is 39.0. The Labute approximate surface area is 342 Å². The minimum Gasteiger partial charge on any atom is -0.313 e.